The van der Waals surface area contributed by atoms with Crippen LogP contribution in [0.15, 0.2) is 5.38 Å². The number of carbonyl (C=O) groups excluding carboxylic acids is 1. The molecule has 0 radical (unpaired) electrons. The predicted molar refractivity (Wildman–Crippen MR) is 70.8 cm³/mol. The summed E-state index contributed by atoms with van der Waals surface area (Å²) in [4.78, 5) is 17.9. The van der Waals surface area contributed by atoms with Crippen molar-refractivity contribution in [1.29, 1.82) is 0 Å². The van der Waals surface area contributed by atoms with Gasteiger partial charge in [-0.3, -0.25) is 0 Å². The van der Waals surface area contributed by atoms with Crippen molar-refractivity contribution in [1.82, 2.24) is 15.2 Å². The highest BCUT2D eigenvalue weighted by atomic mass is 32.1. The summed E-state index contributed by atoms with van der Waals surface area (Å²) in [6.45, 7) is 3.87. The summed E-state index contributed by atoms with van der Waals surface area (Å²) in [6, 6.07) is -0.0335. The predicted octanol–water partition coefficient (Wildman–Crippen LogP) is 1.16. The molecule has 0 spiro atoms. The number of piperidine rings is 1. The van der Waals surface area contributed by atoms with Gasteiger partial charge in [-0.15, -0.1) is 11.3 Å². The third-order valence-corrected chi connectivity index (χ3v) is 3.90. The number of aliphatic hydroxyl groups is 1. The Balaban J connectivity index is 1.68. The van der Waals surface area contributed by atoms with Gasteiger partial charge in [-0.2, -0.15) is 0 Å². The lowest BCUT2D eigenvalue weighted by atomic mass is 10.1. The Morgan fingerprint density at radius 3 is 2.94 bits per heavy atom. The van der Waals surface area contributed by atoms with Gasteiger partial charge in [-0.05, 0) is 19.8 Å². The fourth-order valence-corrected chi connectivity index (χ4v) is 2.65. The van der Waals surface area contributed by atoms with Gasteiger partial charge in [0, 0.05) is 31.4 Å². The molecule has 1 fully saturated rings. The molecule has 0 atom stereocenters. The lowest BCUT2D eigenvalue weighted by Gasteiger charge is -2.29. The third-order valence-electron chi connectivity index (χ3n) is 3.08. The van der Waals surface area contributed by atoms with E-state index in [1.165, 1.54) is 0 Å². The second-order valence-corrected chi connectivity index (χ2v) is 5.62. The van der Waals surface area contributed by atoms with Crippen molar-refractivity contribution in [2.75, 3.05) is 19.6 Å². The highest BCUT2D eigenvalue weighted by Gasteiger charge is 2.20. The number of hydrogen-bond acceptors (Lipinski definition) is 4. The van der Waals surface area contributed by atoms with Crippen molar-refractivity contribution in [3.8, 4) is 0 Å². The molecule has 2 N–H and O–H groups in total. The van der Waals surface area contributed by atoms with Crippen LogP contribution in [0.4, 0.5) is 4.79 Å². The van der Waals surface area contributed by atoms with Crippen molar-refractivity contribution >= 4 is 17.4 Å². The lowest BCUT2D eigenvalue weighted by Crippen LogP contribution is -2.45. The van der Waals surface area contributed by atoms with E-state index in [1.54, 1.807) is 16.2 Å². The van der Waals surface area contributed by atoms with Crippen molar-refractivity contribution in [2.24, 2.45) is 0 Å². The zero-order valence-electron chi connectivity index (χ0n) is 10.6. The summed E-state index contributed by atoms with van der Waals surface area (Å²) in [5.74, 6) is 0. The molecule has 2 heterocycles. The molecule has 1 saturated heterocycles. The van der Waals surface area contributed by atoms with Crippen LogP contribution in [-0.4, -0.2) is 46.8 Å². The molecule has 0 aromatic carbocycles. The van der Waals surface area contributed by atoms with E-state index in [1.807, 2.05) is 12.3 Å². The molecular weight excluding hydrogens is 250 g/mol. The summed E-state index contributed by atoms with van der Waals surface area (Å²) >= 11 is 1.63. The second kappa shape index (κ2) is 6.15. The van der Waals surface area contributed by atoms with E-state index in [0.717, 1.165) is 17.1 Å². The molecule has 5 nitrogen and oxygen atoms in total. The monoisotopic (exact) mass is 269 g/mol. The quantitative estimate of drug-likeness (QED) is 0.865. The number of aromatic nitrogens is 1. The number of amides is 2. The Bertz CT molecular complexity index is 400. The first kappa shape index (κ1) is 13.3. The summed E-state index contributed by atoms with van der Waals surface area (Å²) in [5.41, 5.74) is 1.03. The van der Waals surface area contributed by atoms with E-state index in [0.29, 0.717) is 32.5 Å². The first-order valence-electron chi connectivity index (χ1n) is 6.27. The number of thiazole rings is 1. The molecule has 1 aromatic heterocycles. The molecule has 2 amide bonds. The minimum Gasteiger partial charge on any atom is -0.393 e. The van der Waals surface area contributed by atoms with E-state index in [9.17, 15) is 9.90 Å². The zero-order chi connectivity index (χ0) is 13.0. The maximum absolute atomic E-state index is 11.8. The van der Waals surface area contributed by atoms with E-state index in [2.05, 4.69) is 10.3 Å². The van der Waals surface area contributed by atoms with E-state index >= 15 is 0 Å². The van der Waals surface area contributed by atoms with Crippen LogP contribution >= 0.6 is 11.3 Å². The number of nitrogens with one attached hydrogen (secondary N) is 1. The molecule has 1 aliphatic heterocycles. The van der Waals surface area contributed by atoms with Gasteiger partial charge in [0.1, 0.15) is 0 Å². The molecule has 100 valence electrons. The van der Waals surface area contributed by atoms with Gasteiger partial charge < -0.3 is 15.3 Å². The van der Waals surface area contributed by atoms with E-state index < -0.39 is 0 Å². The zero-order valence-corrected chi connectivity index (χ0v) is 11.4. The summed E-state index contributed by atoms with van der Waals surface area (Å²) in [5, 5.41) is 15.3. The Hall–Kier alpha value is -1.14. The molecular formula is C12H19N3O2S. The van der Waals surface area contributed by atoms with Crippen molar-refractivity contribution < 1.29 is 9.90 Å². The van der Waals surface area contributed by atoms with Crippen molar-refractivity contribution in [3.05, 3.63) is 16.1 Å². The van der Waals surface area contributed by atoms with Crippen LogP contribution in [-0.2, 0) is 6.42 Å². The van der Waals surface area contributed by atoms with Crippen LogP contribution in [0.3, 0.4) is 0 Å². The average Bonchev–Trinajstić information content (AvgIpc) is 2.76. The van der Waals surface area contributed by atoms with Gasteiger partial charge in [0.25, 0.3) is 0 Å². The highest BCUT2D eigenvalue weighted by molar-refractivity contribution is 7.09. The maximum atomic E-state index is 11.8. The second-order valence-electron chi connectivity index (χ2n) is 4.56. The minimum atomic E-state index is -0.243. The topological polar surface area (TPSA) is 65.5 Å². The van der Waals surface area contributed by atoms with Gasteiger partial charge in [-0.1, -0.05) is 0 Å². The molecule has 1 aromatic rings. The van der Waals surface area contributed by atoms with Gasteiger partial charge in [0.15, 0.2) is 0 Å². The molecule has 1 aliphatic rings. The van der Waals surface area contributed by atoms with E-state index in [-0.39, 0.29) is 12.1 Å². The van der Waals surface area contributed by atoms with Gasteiger partial charge >= 0.3 is 6.03 Å². The first-order valence-corrected chi connectivity index (χ1v) is 7.15. The van der Waals surface area contributed by atoms with Crippen LogP contribution in [0.25, 0.3) is 0 Å². The minimum absolute atomic E-state index is 0.0335. The van der Waals surface area contributed by atoms with Gasteiger partial charge in [0.2, 0.25) is 0 Å². The molecule has 2 rings (SSSR count). The standard InChI is InChI=1S/C12H19N3O2S/c1-9-14-10(8-18-9)2-5-13-12(17)15-6-3-11(16)4-7-15/h8,11,16H,2-7H2,1H3,(H,13,17). The van der Waals surface area contributed by atoms with E-state index in [4.69, 9.17) is 0 Å². The van der Waals surface area contributed by atoms with Crippen LogP contribution in [0.2, 0.25) is 0 Å². The lowest BCUT2D eigenvalue weighted by molar-refractivity contribution is 0.0937. The Kier molecular flexibility index (Phi) is 4.54. The molecule has 6 heteroatoms. The number of aryl methyl sites for hydroxylation is 1. The fourth-order valence-electron chi connectivity index (χ4n) is 2.00. The van der Waals surface area contributed by atoms with Gasteiger partial charge in [-0.25, -0.2) is 9.78 Å². The highest BCUT2D eigenvalue weighted by Crippen LogP contribution is 2.10. The number of rotatable bonds is 3. The summed E-state index contributed by atoms with van der Waals surface area (Å²) in [6.07, 6.45) is 1.89. The average molecular weight is 269 g/mol. The Morgan fingerprint density at radius 1 is 1.61 bits per heavy atom. The van der Waals surface area contributed by atoms with Crippen LogP contribution in [0, 0.1) is 6.92 Å². The molecule has 18 heavy (non-hydrogen) atoms. The van der Waals surface area contributed by atoms with Gasteiger partial charge in [0.05, 0.1) is 16.8 Å². The number of hydrogen-bond donors (Lipinski definition) is 2. The Labute approximate surface area is 111 Å². The molecule has 0 saturated carbocycles. The SMILES string of the molecule is Cc1nc(CCNC(=O)N2CCC(O)CC2)cs1. The maximum Gasteiger partial charge on any atom is 0.317 e. The van der Waals surface area contributed by atoms with Crippen LogP contribution < -0.4 is 5.32 Å². The summed E-state index contributed by atoms with van der Waals surface area (Å²) in [7, 11) is 0. The summed E-state index contributed by atoms with van der Waals surface area (Å²) < 4.78 is 0. The number of urea groups is 1. The molecule has 0 bridgehead atoms. The van der Waals surface area contributed by atoms with Crippen LogP contribution in [0.5, 0.6) is 0 Å². The Morgan fingerprint density at radius 2 is 2.33 bits per heavy atom. The molecule has 0 aliphatic carbocycles. The molecule has 0 unspecified atom stereocenters. The van der Waals surface area contributed by atoms with Crippen molar-refractivity contribution in [3.63, 3.8) is 0 Å². The number of aliphatic hydroxyl groups excluding tert-OH is 1. The third kappa shape index (κ3) is 3.68. The smallest absolute Gasteiger partial charge is 0.317 e. The number of carbonyl (C=O) groups is 1. The van der Waals surface area contributed by atoms with Crippen molar-refractivity contribution in [2.45, 2.75) is 32.3 Å². The number of nitrogens with zero attached hydrogens (tertiary/aromatic N) is 2. The fraction of sp³-hybridized carbons (Fsp3) is 0.667. The van der Waals surface area contributed by atoms with Crippen LogP contribution in [0.1, 0.15) is 23.5 Å². The number of likely N-dealkylation sites (tertiary alicyclic amines) is 1. The largest absolute Gasteiger partial charge is 0.393 e. The normalized spacial score (nSPS) is 16.9. The first-order chi connectivity index (χ1) is 8.65.